The molecule has 2 aliphatic heterocycles. The van der Waals surface area contributed by atoms with Crippen molar-refractivity contribution >= 4 is 68.4 Å². The maximum atomic E-state index is 12.6. The SMILES string of the molecule is Cc1cccc(NC(=O)CSc2nc3ccc(Nc4nc(N5CCCC5)nc(N5CCCC5)n4)cc3s2)c1C. The van der Waals surface area contributed by atoms with Crippen molar-refractivity contribution in [1.82, 2.24) is 19.9 Å². The third-order valence-electron chi connectivity index (χ3n) is 7.22. The standard InChI is InChI=1S/C28H32N8OS2/c1-18-8-7-9-21(19(18)2)30-24(37)17-38-28-31-22-11-10-20(16-23(22)39-28)29-25-32-26(35-12-3-4-13-35)34-27(33-25)36-14-5-6-15-36/h7-11,16H,3-6,12-15,17H2,1-2H3,(H,30,37)(H,29,32,33,34). The molecule has 4 heterocycles. The Morgan fingerprint density at radius 1 is 0.923 bits per heavy atom. The molecule has 0 bridgehead atoms. The van der Waals surface area contributed by atoms with E-state index in [1.54, 1.807) is 11.3 Å². The van der Waals surface area contributed by atoms with E-state index in [-0.39, 0.29) is 5.91 Å². The fourth-order valence-corrected chi connectivity index (χ4v) is 6.81. The number of amides is 1. The van der Waals surface area contributed by atoms with E-state index >= 15 is 0 Å². The molecule has 2 N–H and O–H groups in total. The first-order valence-corrected chi connectivity index (χ1v) is 15.2. The molecule has 2 fully saturated rings. The van der Waals surface area contributed by atoms with Crippen molar-refractivity contribution in [2.24, 2.45) is 0 Å². The lowest BCUT2D eigenvalue weighted by atomic mass is 10.1. The maximum absolute atomic E-state index is 12.6. The van der Waals surface area contributed by atoms with Crippen LogP contribution >= 0.6 is 23.1 Å². The summed E-state index contributed by atoms with van der Waals surface area (Å²) in [5.74, 6) is 2.34. The molecule has 2 aliphatic rings. The third-order valence-corrected chi connectivity index (χ3v) is 9.38. The van der Waals surface area contributed by atoms with Gasteiger partial charge < -0.3 is 20.4 Å². The van der Waals surface area contributed by atoms with Crippen molar-refractivity contribution < 1.29 is 4.79 Å². The highest BCUT2D eigenvalue weighted by Crippen LogP contribution is 2.32. The Morgan fingerprint density at radius 2 is 1.62 bits per heavy atom. The fraction of sp³-hybridized carbons (Fsp3) is 0.393. The monoisotopic (exact) mass is 560 g/mol. The Balaban J connectivity index is 1.15. The van der Waals surface area contributed by atoms with Crippen molar-refractivity contribution in [2.75, 3.05) is 52.4 Å². The predicted octanol–water partition coefficient (Wildman–Crippen LogP) is 5.77. The average molecular weight is 561 g/mol. The quantitative estimate of drug-likeness (QED) is 0.260. The van der Waals surface area contributed by atoms with E-state index in [0.717, 1.165) is 75.1 Å². The number of aromatic nitrogens is 4. The van der Waals surface area contributed by atoms with E-state index in [0.29, 0.717) is 11.7 Å². The van der Waals surface area contributed by atoms with Crippen LogP contribution in [0.25, 0.3) is 10.2 Å². The lowest BCUT2D eigenvalue weighted by molar-refractivity contribution is -0.113. The second-order valence-electron chi connectivity index (χ2n) is 10.0. The van der Waals surface area contributed by atoms with Crippen LogP contribution in [0.1, 0.15) is 36.8 Å². The summed E-state index contributed by atoms with van der Waals surface area (Å²) in [4.78, 5) is 36.1. The highest BCUT2D eigenvalue weighted by atomic mass is 32.2. The molecule has 6 rings (SSSR count). The molecular formula is C28H32N8OS2. The fourth-order valence-electron chi connectivity index (χ4n) is 4.90. The minimum absolute atomic E-state index is 0.0345. The highest BCUT2D eigenvalue weighted by Gasteiger charge is 2.22. The summed E-state index contributed by atoms with van der Waals surface area (Å²) in [7, 11) is 0. The Hall–Kier alpha value is -3.44. The van der Waals surface area contributed by atoms with Crippen LogP contribution in [0.15, 0.2) is 40.7 Å². The van der Waals surface area contributed by atoms with Crippen LogP contribution in [0.3, 0.4) is 0 Å². The zero-order valence-electron chi connectivity index (χ0n) is 22.2. The lowest BCUT2D eigenvalue weighted by Gasteiger charge is -2.20. The molecule has 11 heteroatoms. The number of carbonyl (C=O) groups excluding carboxylic acids is 1. The normalized spacial score (nSPS) is 15.3. The molecule has 0 unspecified atom stereocenters. The highest BCUT2D eigenvalue weighted by molar-refractivity contribution is 8.01. The molecule has 1 amide bonds. The van der Waals surface area contributed by atoms with Gasteiger partial charge in [0.2, 0.25) is 23.8 Å². The van der Waals surface area contributed by atoms with Gasteiger partial charge in [-0.3, -0.25) is 4.79 Å². The van der Waals surface area contributed by atoms with Gasteiger partial charge in [-0.2, -0.15) is 15.0 Å². The molecular weight excluding hydrogens is 528 g/mol. The molecule has 2 saturated heterocycles. The first kappa shape index (κ1) is 25.8. The summed E-state index contributed by atoms with van der Waals surface area (Å²) in [6.07, 6.45) is 4.68. The van der Waals surface area contributed by atoms with Crippen LogP contribution < -0.4 is 20.4 Å². The van der Waals surface area contributed by atoms with Gasteiger partial charge in [-0.05, 0) is 74.9 Å². The molecule has 2 aromatic carbocycles. The Bertz CT molecular complexity index is 1460. The average Bonchev–Trinajstić information content (AvgIpc) is 3.72. The molecule has 0 radical (unpaired) electrons. The number of thiazole rings is 1. The zero-order valence-corrected chi connectivity index (χ0v) is 23.9. The molecule has 202 valence electrons. The van der Waals surface area contributed by atoms with Gasteiger partial charge in [0.1, 0.15) is 0 Å². The number of rotatable bonds is 8. The van der Waals surface area contributed by atoms with Gasteiger partial charge in [-0.1, -0.05) is 23.9 Å². The Labute approximate surface area is 236 Å². The Morgan fingerprint density at radius 3 is 2.31 bits per heavy atom. The molecule has 0 saturated carbocycles. The Kier molecular flexibility index (Phi) is 7.51. The van der Waals surface area contributed by atoms with Gasteiger partial charge in [0.25, 0.3) is 0 Å². The molecule has 2 aromatic heterocycles. The second-order valence-corrected chi connectivity index (χ2v) is 12.3. The van der Waals surface area contributed by atoms with Gasteiger partial charge in [0, 0.05) is 37.6 Å². The number of carbonyl (C=O) groups is 1. The van der Waals surface area contributed by atoms with Crippen LogP contribution in [0.5, 0.6) is 0 Å². The lowest BCUT2D eigenvalue weighted by Crippen LogP contribution is -2.25. The summed E-state index contributed by atoms with van der Waals surface area (Å²) < 4.78 is 1.91. The summed E-state index contributed by atoms with van der Waals surface area (Å²) in [5.41, 5.74) is 4.93. The van der Waals surface area contributed by atoms with Crippen molar-refractivity contribution in [3.63, 3.8) is 0 Å². The first-order valence-electron chi connectivity index (χ1n) is 13.4. The molecule has 9 nitrogen and oxygen atoms in total. The third kappa shape index (κ3) is 5.94. The van der Waals surface area contributed by atoms with Crippen molar-refractivity contribution in [3.8, 4) is 0 Å². The van der Waals surface area contributed by atoms with Gasteiger partial charge in [-0.15, -0.1) is 11.3 Å². The number of hydrogen-bond donors (Lipinski definition) is 2. The number of benzene rings is 2. The topological polar surface area (TPSA) is 99.2 Å². The number of hydrogen-bond acceptors (Lipinski definition) is 10. The molecule has 39 heavy (non-hydrogen) atoms. The molecule has 0 aliphatic carbocycles. The van der Waals surface area contributed by atoms with Crippen LogP contribution in [0.2, 0.25) is 0 Å². The second kappa shape index (κ2) is 11.4. The van der Waals surface area contributed by atoms with E-state index in [9.17, 15) is 4.79 Å². The van der Waals surface area contributed by atoms with E-state index in [1.807, 2.05) is 44.2 Å². The van der Waals surface area contributed by atoms with Crippen LogP contribution in [-0.4, -0.2) is 57.8 Å². The smallest absolute Gasteiger partial charge is 0.234 e. The van der Waals surface area contributed by atoms with Gasteiger partial charge in [-0.25, -0.2) is 4.98 Å². The minimum Gasteiger partial charge on any atom is -0.341 e. The van der Waals surface area contributed by atoms with Gasteiger partial charge in [0.15, 0.2) is 4.34 Å². The maximum Gasteiger partial charge on any atom is 0.234 e. The first-order chi connectivity index (χ1) is 19.0. The minimum atomic E-state index is -0.0345. The molecule has 0 atom stereocenters. The summed E-state index contributed by atoms with van der Waals surface area (Å²) in [6, 6.07) is 12.0. The van der Waals surface area contributed by atoms with E-state index in [1.165, 1.54) is 37.4 Å². The number of thioether (sulfide) groups is 1. The van der Waals surface area contributed by atoms with E-state index in [2.05, 4.69) is 26.5 Å². The largest absolute Gasteiger partial charge is 0.341 e. The summed E-state index contributed by atoms with van der Waals surface area (Å²) in [5, 5.41) is 6.43. The summed E-state index contributed by atoms with van der Waals surface area (Å²) in [6.45, 7) is 8.01. The van der Waals surface area contributed by atoms with Crippen LogP contribution in [-0.2, 0) is 4.79 Å². The summed E-state index contributed by atoms with van der Waals surface area (Å²) >= 11 is 3.04. The van der Waals surface area contributed by atoms with Crippen LogP contribution in [0, 0.1) is 13.8 Å². The molecule has 4 aromatic rings. The van der Waals surface area contributed by atoms with Gasteiger partial charge in [0.05, 0.1) is 16.0 Å². The predicted molar refractivity (Wildman–Crippen MR) is 161 cm³/mol. The van der Waals surface area contributed by atoms with E-state index in [4.69, 9.17) is 19.9 Å². The van der Waals surface area contributed by atoms with Crippen molar-refractivity contribution in [3.05, 3.63) is 47.5 Å². The molecule has 0 spiro atoms. The number of fused-ring (bicyclic) bond motifs is 1. The number of anilines is 5. The van der Waals surface area contributed by atoms with E-state index < -0.39 is 0 Å². The zero-order chi connectivity index (χ0) is 26.8. The van der Waals surface area contributed by atoms with Crippen molar-refractivity contribution in [2.45, 2.75) is 43.9 Å². The number of nitrogens with zero attached hydrogens (tertiary/aromatic N) is 6. The van der Waals surface area contributed by atoms with Crippen LogP contribution in [0.4, 0.5) is 29.2 Å². The number of nitrogens with one attached hydrogen (secondary N) is 2. The van der Waals surface area contributed by atoms with Gasteiger partial charge >= 0.3 is 0 Å². The van der Waals surface area contributed by atoms with Crippen molar-refractivity contribution in [1.29, 1.82) is 0 Å². The number of aryl methyl sites for hydroxylation is 1.